The number of hydrogen-bond donors (Lipinski definition) is 2. The van der Waals surface area contributed by atoms with Crippen molar-refractivity contribution in [1.82, 2.24) is 10.0 Å². The summed E-state index contributed by atoms with van der Waals surface area (Å²) in [5, 5.41) is 3.20. The van der Waals surface area contributed by atoms with Crippen LogP contribution in [0.4, 0.5) is 0 Å². The first-order valence-corrected chi connectivity index (χ1v) is 11.3. The maximum Gasteiger partial charge on any atom is 0.241 e. The van der Waals surface area contributed by atoms with Gasteiger partial charge in [-0.05, 0) is 81.8 Å². The van der Waals surface area contributed by atoms with Crippen LogP contribution >= 0.6 is 0 Å². The van der Waals surface area contributed by atoms with Crippen LogP contribution < -0.4 is 15.5 Å². The molecule has 0 aliphatic heterocycles. The van der Waals surface area contributed by atoms with Crippen molar-refractivity contribution < 1.29 is 13.2 Å². The van der Waals surface area contributed by atoms with Crippen molar-refractivity contribution in [2.24, 2.45) is 23.7 Å². The van der Waals surface area contributed by atoms with Gasteiger partial charge in [0.15, 0.2) is 0 Å². The summed E-state index contributed by atoms with van der Waals surface area (Å²) in [5.74, 6) is 2.50. The van der Waals surface area contributed by atoms with E-state index in [-0.39, 0.29) is 16.8 Å². The Morgan fingerprint density at radius 2 is 1.67 bits per heavy atom. The molecule has 0 atom stereocenters. The van der Waals surface area contributed by atoms with Crippen molar-refractivity contribution in [3.63, 3.8) is 0 Å². The molecule has 144 valence electrons. The highest BCUT2D eigenvalue weighted by atomic mass is 32.2. The number of carbonyl (C=O) groups excluding carboxylic acids is 1. The van der Waals surface area contributed by atoms with Gasteiger partial charge in [-0.2, -0.15) is 4.72 Å². The van der Waals surface area contributed by atoms with Gasteiger partial charge in [-0.15, -0.1) is 0 Å². The summed E-state index contributed by atoms with van der Waals surface area (Å²) < 4.78 is 27.9. The molecular formula is C20H27BN2O3S. The summed E-state index contributed by atoms with van der Waals surface area (Å²) in [4.78, 5) is 13.0. The maximum absolute atomic E-state index is 13.0. The third-order valence-electron chi connectivity index (χ3n) is 6.65. The smallest absolute Gasteiger partial charge is 0.241 e. The SMILES string of the molecule is [B]c1cccc(S(=O)(=O)NC(C)(C)C(=O)NC2C3CC4CC(C3)CC2C4)c1. The van der Waals surface area contributed by atoms with E-state index < -0.39 is 15.6 Å². The summed E-state index contributed by atoms with van der Waals surface area (Å²) in [6.45, 7) is 3.23. The van der Waals surface area contributed by atoms with Crippen LogP contribution in [0.15, 0.2) is 29.2 Å². The molecule has 0 aromatic heterocycles. The van der Waals surface area contributed by atoms with Crippen molar-refractivity contribution in [3.8, 4) is 0 Å². The highest BCUT2D eigenvalue weighted by molar-refractivity contribution is 7.89. The lowest BCUT2D eigenvalue weighted by Gasteiger charge is -2.54. The quantitative estimate of drug-likeness (QED) is 0.753. The van der Waals surface area contributed by atoms with Gasteiger partial charge in [0.2, 0.25) is 15.9 Å². The zero-order valence-corrected chi connectivity index (χ0v) is 16.8. The fraction of sp³-hybridized carbons (Fsp3) is 0.650. The van der Waals surface area contributed by atoms with Gasteiger partial charge in [0, 0.05) is 6.04 Å². The molecule has 2 N–H and O–H groups in total. The van der Waals surface area contributed by atoms with Crippen LogP contribution in [-0.2, 0) is 14.8 Å². The van der Waals surface area contributed by atoms with E-state index in [1.807, 2.05) is 0 Å². The van der Waals surface area contributed by atoms with E-state index in [1.165, 1.54) is 44.2 Å². The minimum absolute atomic E-state index is 0.0676. The fourth-order valence-corrected chi connectivity index (χ4v) is 7.05. The van der Waals surface area contributed by atoms with E-state index in [4.69, 9.17) is 7.85 Å². The molecule has 1 aromatic carbocycles. The molecule has 5 nitrogen and oxygen atoms in total. The van der Waals surface area contributed by atoms with E-state index >= 15 is 0 Å². The third-order valence-corrected chi connectivity index (χ3v) is 8.30. The van der Waals surface area contributed by atoms with Gasteiger partial charge in [-0.1, -0.05) is 17.6 Å². The number of nitrogens with one attached hydrogen (secondary N) is 2. The third kappa shape index (κ3) is 3.68. The molecule has 2 radical (unpaired) electrons. The lowest BCUT2D eigenvalue weighted by molar-refractivity contribution is -0.129. The second-order valence-electron chi connectivity index (χ2n) is 9.23. The first-order chi connectivity index (χ1) is 12.6. The molecule has 1 aromatic rings. The molecule has 1 amide bonds. The van der Waals surface area contributed by atoms with Gasteiger partial charge in [-0.3, -0.25) is 4.79 Å². The standard InChI is InChI=1S/C20H27BN2O3S/c1-20(2,23-27(25,26)17-5-3-4-16(21)11-17)19(24)22-18-14-7-12-6-13(9-14)10-15(18)8-12/h3-5,11-15,18,23H,6-10H2,1-2H3,(H,22,24). The van der Waals surface area contributed by atoms with Gasteiger partial charge >= 0.3 is 0 Å². The minimum atomic E-state index is -3.84. The minimum Gasteiger partial charge on any atom is -0.351 e. The lowest BCUT2D eigenvalue weighted by atomic mass is 9.54. The Bertz CT molecular complexity index is 825. The Morgan fingerprint density at radius 1 is 1.07 bits per heavy atom. The summed E-state index contributed by atoms with van der Waals surface area (Å²) in [7, 11) is 1.86. The molecule has 7 heteroatoms. The van der Waals surface area contributed by atoms with Gasteiger partial charge in [0.25, 0.3) is 0 Å². The summed E-state index contributed by atoms with van der Waals surface area (Å²) in [6, 6.07) is 6.27. The topological polar surface area (TPSA) is 75.3 Å². The van der Waals surface area contributed by atoms with Crippen molar-refractivity contribution >= 4 is 29.2 Å². The van der Waals surface area contributed by atoms with E-state index in [1.54, 1.807) is 26.0 Å². The van der Waals surface area contributed by atoms with Gasteiger partial charge in [-0.25, -0.2) is 8.42 Å². The molecule has 0 saturated heterocycles. The van der Waals surface area contributed by atoms with Crippen LogP contribution in [-0.4, -0.2) is 33.8 Å². The van der Waals surface area contributed by atoms with Gasteiger partial charge in [0.05, 0.1) is 4.90 Å². The Labute approximate surface area is 163 Å². The molecule has 4 aliphatic rings. The predicted octanol–water partition coefficient (Wildman–Crippen LogP) is 1.48. The fourth-order valence-electron chi connectivity index (χ4n) is 5.62. The average molecular weight is 386 g/mol. The van der Waals surface area contributed by atoms with Crippen molar-refractivity contribution in [3.05, 3.63) is 24.3 Å². The van der Waals surface area contributed by atoms with Gasteiger partial charge < -0.3 is 5.32 Å². The number of hydrogen-bond acceptors (Lipinski definition) is 3. The number of sulfonamides is 1. The van der Waals surface area contributed by atoms with Crippen LogP contribution in [0.2, 0.25) is 0 Å². The summed E-state index contributed by atoms with van der Waals surface area (Å²) in [5.41, 5.74) is -0.869. The molecule has 27 heavy (non-hydrogen) atoms. The highest BCUT2D eigenvalue weighted by Gasteiger charge is 2.49. The molecule has 4 aliphatic carbocycles. The Morgan fingerprint density at radius 3 is 2.22 bits per heavy atom. The Hall–Kier alpha value is -1.34. The average Bonchev–Trinajstić information content (AvgIpc) is 2.56. The first kappa shape index (κ1) is 19.0. The molecule has 4 saturated carbocycles. The van der Waals surface area contributed by atoms with Crippen LogP contribution in [0.5, 0.6) is 0 Å². The number of benzene rings is 1. The molecule has 4 bridgehead atoms. The largest absolute Gasteiger partial charge is 0.351 e. The number of carbonyl (C=O) groups is 1. The van der Waals surface area contributed by atoms with Crippen LogP contribution in [0, 0.1) is 23.7 Å². The molecule has 0 heterocycles. The highest BCUT2D eigenvalue weighted by Crippen LogP contribution is 2.53. The molecule has 5 rings (SSSR count). The Balaban J connectivity index is 1.46. The maximum atomic E-state index is 13.0. The molecule has 4 fully saturated rings. The van der Waals surface area contributed by atoms with Crippen LogP contribution in [0.25, 0.3) is 0 Å². The first-order valence-electron chi connectivity index (χ1n) is 9.84. The monoisotopic (exact) mass is 386 g/mol. The van der Waals surface area contributed by atoms with E-state index in [2.05, 4.69) is 10.0 Å². The van der Waals surface area contributed by atoms with Crippen molar-refractivity contribution in [1.29, 1.82) is 0 Å². The van der Waals surface area contributed by atoms with E-state index in [9.17, 15) is 13.2 Å². The zero-order valence-electron chi connectivity index (χ0n) is 15.9. The van der Waals surface area contributed by atoms with Crippen LogP contribution in [0.3, 0.4) is 0 Å². The summed E-state index contributed by atoms with van der Waals surface area (Å²) >= 11 is 0. The second-order valence-corrected chi connectivity index (χ2v) is 10.9. The number of rotatable bonds is 5. The van der Waals surface area contributed by atoms with Gasteiger partial charge in [0.1, 0.15) is 13.4 Å². The molecular weight excluding hydrogens is 359 g/mol. The van der Waals surface area contributed by atoms with Crippen LogP contribution in [0.1, 0.15) is 46.0 Å². The zero-order chi connectivity index (χ0) is 19.4. The lowest BCUT2D eigenvalue weighted by Crippen LogP contribution is -2.62. The van der Waals surface area contributed by atoms with E-state index in [0.717, 1.165) is 11.8 Å². The van der Waals surface area contributed by atoms with Crippen molar-refractivity contribution in [2.45, 2.75) is 62.4 Å². The normalized spacial score (nSPS) is 32.4. The van der Waals surface area contributed by atoms with Crippen molar-refractivity contribution in [2.75, 3.05) is 0 Å². The molecule has 0 unspecified atom stereocenters. The number of amides is 1. The molecule has 0 spiro atoms. The Kier molecular flexibility index (Phi) is 4.66. The summed E-state index contributed by atoms with van der Waals surface area (Å²) in [6.07, 6.45) is 6.17. The second kappa shape index (κ2) is 6.62. The predicted molar refractivity (Wildman–Crippen MR) is 105 cm³/mol. The van der Waals surface area contributed by atoms with E-state index in [0.29, 0.717) is 17.3 Å².